The van der Waals surface area contributed by atoms with E-state index in [2.05, 4.69) is 0 Å². The lowest BCUT2D eigenvalue weighted by Crippen LogP contribution is -2.35. The van der Waals surface area contributed by atoms with E-state index in [1.807, 2.05) is 60.7 Å². The number of aromatic nitrogens is 2. The van der Waals surface area contributed by atoms with Crippen LogP contribution in [0.25, 0.3) is 30.6 Å². The number of ether oxygens (including phenoxy) is 2. The van der Waals surface area contributed by atoms with Gasteiger partial charge in [-0.05, 0) is 66.5 Å². The van der Waals surface area contributed by atoms with Gasteiger partial charge in [0.25, 0.3) is 0 Å². The molecule has 8 atom stereocenters. The van der Waals surface area contributed by atoms with Crippen LogP contribution in [0.15, 0.2) is 82.8 Å². The minimum absolute atomic E-state index is 0.00990. The molecule has 4 aromatic heterocycles. The molecule has 6 aliphatic carbocycles. The zero-order valence-corrected chi connectivity index (χ0v) is 38.0. The fraction of sp³-hybridized carbons (Fsp3) is 0.423. The van der Waals surface area contributed by atoms with Crippen molar-refractivity contribution in [1.82, 2.24) is 9.13 Å². The molecule has 6 aliphatic rings. The summed E-state index contributed by atoms with van der Waals surface area (Å²) in [6.45, 7) is -0.0959. The van der Waals surface area contributed by atoms with E-state index in [9.17, 15) is 28.8 Å². The molecule has 0 radical (unpaired) electrons. The predicted molar refractivity (Wildman–Crippen MR) is 252 cm³/mol. The molecule has 12 nitrogen and oxygen atoms in total. The highest BCUT2D eigenvalue weighted by Gasteiger charge is 2.54. The van der Waals surface area contributed by atoms with Gasteiger partial charge in [0.1, 0.15) is 24.0 Å². The maximum absolute atomic E-state index is 14.6. The number of nitrogens with zero attached hydrogens (tertiary/aromatic N) is 4. The number of Topliss-reactive ketones (excluding diaryl/α,β-unsaturated/α-hetero) is 4. The van der Waals surface area contributed by atoms with Crippen molar-refractivity contribution >= 4 is 111 Å². The van der Waals surface area contributed by atoms with Crippen molar-refractivity contribution in [2.75, 3.05) is 0 Å². The SMILES string of the molecule is O=C1C(=Nc2cc3c(s2)c2sc4cc(N=C5C(=O)C6CC7CCCCC7CC6C5=O)n(C(=O)OCc5ccccc5)c4c2n3C(=O)OCc2ccccc2)C(=O)C2CC3CCCCC3CC12. The predicted octanol–water partition coefficient (Wildman–Crippen LogP) is 11.4. The average molecular weight is 921 g/mol. The van der Waals surface area contributed by atoms with Gasteiger partial charge in [0.2, 0.25) is 0 Å². The highest BCUT2D eigenvalue weighted by Crippen LogP contribution is 2.52. The molecule has 4 heterocycles. The van der Waals surface area contributed by atoms with Crippen LogP contribution in [0.3, 0.4) is 0 Å². The van der Waals surface area contributed by atoms with E-state index in [1.165, 1.54) is 44.6 Å². The highest BCUT2D eigenvalue weighted by atomic mass is 32.1. The Morgan fingerprint density at radius 1 is 0.545 bits per heavy atom. The van der Waals surface area contributed by atoms with Gasteiger partial charge in [0.15, 0.2) is 34.6 Å². The molecule has 66 heavy (non-hydrogen) atoms. The Bertz CT molecular complexity index is 3010. The van der Waals surface area contributed by atoms with Crippen LogP contribution in [0.1, 0.15) is 88.2 Å². The normalized spacial score (nSPS) is 27.3. The molecule has 6 saturated carbocycles. The van der Waals surface area contributed by atoms with Crippen LogP contribution >= 0.6 is 22.7 Å². The van der Waals surface area contributed by atoms with E-state index in [-0.39, 0.29) is 65.4 Å². The summed E-state index contributed by atoms with van der Waals surface area (Å²) < 4.78 is 16.5. The standard InChI is InChI=1S/C52H48N4O8S2/c57-45-33-19-29-15-7-8-16-30(29)20-34(33)46(58)41(45)53-39-24-38-43(56(39)52(62)64-26-28-13-5-2-6-14-28)44-50(65-38)49-37(55(44)51(61)63-25-27-11-3-1-4-12-27)23-40(66-49)54-42-47(59)35-21-31-17-9-10-18-32(31)22-36(35)48(42)60/h1-6,11-14,23-24,29-36H,7-10,15-22,25-26H2. The fourth-order valence-corrected chi connectivity index (χ4v) is 15.0. The Labute approximate surface area is 388 Å². The van der Waals surface area contributed by atoms with Crippen molar-refractivity contribution in [1.29, 1.82) is 0 Å². The Hall–Kier alpha value is -5.86. The van der Waals surface area contributed by atoms with Gasteiger partial charge in [0, 0.05) is 29.7 Å². The van der Waals surface area contributed by atoms with Crippen molar-refractivity contribution in [3.8, 4) is 0 Å². The average Bonchev–Trinajstić information content (AvgIpc) is 4.16. The Morgan fingerprint density at radius 2 is 1.00 bits per heavy atom. The molecule has 0 saturated heterocycles. The molecule has 0 bridgehead atoms. The quantitative estimate of drug-likeness (QED) is 0.160. The van der Waals surface area contributed by atoms with Crippen LogP contribution in [-0.2, 0) is 41.9 Å². The summed E-state index contributed by atoms with van der Waals surface area (Å²) in [5.41, 5.74) is 2.49. The number of carbonyl (C=O) groups excluding carboxylic acids is 6. The molecule has 12 rings (SSSR count). The van der Waals surface area contributed by atoms with Crippen LogP contribution in [0, 0.1) is 47.3 Å². The second-order valence-electron chi connectivity index (χ2n) is 19.4. The number of benzene rings is 2. The summed E-state index contributed by atoms with van der Waals surface area (Å²) in [5, 5.41) is 0.411. The lowest BCUT2D eigenvalue weighted by molar-refractivity contribution is -0.123. The first-order valence-corrected chi connectivity index (χ1v) is 25.2. The van der Waals surface area contributed by atoms with Crippen LogP contribution in [0.4, 0.5) is 20.4 Å². The number of hydrogen-bond donors (Lipinski definition) is 0. The highest BCUT2D eigenvalue weighted by molar-refractivity contribution is 7.32. The topological polar surface area (TPSA) is 155 Å². The van der Waals surface area contributed by atoms with Crippen molar-refractivity contribution in [3.05, 3.63) is 83.9 Å². The van der Waals surface area contributed by atoms with Crippen LogP contribution in [0.2, 0.25) is 0 Å². The van der Waals surface area contributed by atoms with Gasteiger partial charge in [-0.3, -0.25) is 19.2 Å². The number of thiophene rings is 2. The van der Waals surface area contributed by atoms with Gasteiger partial charge in [0.05, 0.1) is 30.6 Å². The van der Waals surface area contributed by atoms with E-state index < -0.39 is 24.0 Å². The molecule has 6 aromatic rings. The van der Waals surface area contributed by atoms with E-state index in [0.717, 1.165) is 62.5 Å². The molecule has 0 amide bonds. The zero-order chi connectivity index (χ0) is 44.8. The lowest BCUT2D eigenvalue weighted by atomic mass is 9.64. The molecule has 8 unspecified atom stereocenters. The second-order valence-corrected chi connectivity index (χ2v) is 21.5. The number of fused-ring (bicyclic) bond motifs is 9. The fourth-order valence-electron chi connectivity index (χ4n) is 12.6. The summed E-state index contributed by atoms with van der Waals surface area (Å²) in [5.74, 6) is -0.551. The summed E-state index contributed by atoms with van der Waals surface area (Å²) in [7, 11) is 0. The molecule has 6 fully saturated rings. The van der Waals surface area contributed by atoms with Crippen LogP contribution < -0.4 is 0 Å². The van der Waals surface area contributed by atoms with Gasteiger partial charge < -0.3 is 9.47 Å². The van der Waals surface area contributed by atoms with E-state index in [4.69, 9.17) is 19.5 Å². The van der Waals surface area contributed by atoms with Crippen LogP contribution in [0.5, 0.6) is 0 Å². The van der Waals surface area contributed by atoms with E-state index >= 15 is 0 Å². The Morgan fingerprint density at radius 3 is 1.48 bits per heavy atom. The number of aliphatic imine (C=N–C) groups is 2. The zero-order valence-electron chi connectivity index (χ0n) is 36.3. The summed E-state index contributed by atoms with van der Waals surface area (Å²) in [6, 6.07) is 21.9. The molecular weight excluding hydrogens is 873 g/mol. The van der Waals surface area contributed by atoms with Crippen molar-refractivity contribution in [3.63, 3.8) is 0 Å². The third kappa shape index (κ3) is 6.88. The van der Waals surface area contributed by atoms with Gasteiger partial charge in [-0.25, -0.2) is 28.7 Å². The molecule has 0 aliphatic heterocycles. The van der Waals surface area contributed by atoms with Crippen molar-refractivity contribution < 1.29 is 38.2 Å². The van der Waals surface area contributed by atoms with Gasteiger partial charge >= 0.3 is 12.2 Å². The Balaban J connectivity index is 0.981. The molecule has 14 heteroatoms. The summed E-state index contributed by atoms with van der Waals surface area (Å²) in [4.78, 5) is 94.8. The Kier molecular flexibility index (Phi) is 10.4. The smallest absolute Gasteiger partial charge is 0.420 e. The third-order valence-corrected chi connectivity index (χ3v) is 18.1. The molecular formula is C52H48N4O8S2. The summed E-state index contributed by atoms with van der Waals surface area (Å²) >= 11 is 2.58. The number of carbonyl (C=O) groups is 6. The molecule has 0 N–H and O–H groups in total. The number of ketones is 4. The first kappa shape index (κ1) is 41.6. The van der Waals surface area contributed by atoms with E-state index in [1.54, 1.807) is 12.1 Å². The van der Waals surface area contributed by atoms with E-state index in [0.29, 0.717) is 72.2 Å². The monoisotopic (exact) mass is 920 g/mol. The number of rotatable bonds is 6. The minimum atomic E-state index is -0.797. The van der Waals surface area contributed by atoms with Gasteiger partial charge in [-0.2, -0.15) is 0 Å². The second kappa shape index (κ2) is 16.5. The van der Waals surface area contributed by atoms with Gasteiger partial charge in [-0.1, -0.05) is 112 Å². The number of hydrogen-bond acceptors (Lipinski definition) is 12. The first-order valence-electron chi connectivity index (χ1n) is 23.6. The van der Waals surface area contributed by atoms with Crippen molar-refractivity contribution in [2.45, 2.75) is 90.3 Å². The van der Waals surface area contributed by atoms with Gasteiger partial charge in [-0.15, -0.1) is 22.7 Å². The lowest BCUT2D eigenvalue weighted by Gasteiger charge is -2.39. The molecule has 336 valence electrons. The first-order chi connectivity index (χ1) is 32.2. The van der Waals surface area contributed by atoms with Crippen LogP contribution in [-0.4, -0.2) is 55.9 Å². The minimum Gasteiger partial charge on any atom is -0.444 e. The summed E-state index contributed by atoms with van der Waals surface area (Å²) in [6.07, 6.45) is 10.3. The third-order valence-electron chi connectivity index (χ3n) is 15.8. The van der Waals surface area contributed by atoms with Crippen molar-refractivity contribution in [2.24, 2.45) is 57.3 Å². The maximum Gasteiger partial charge on any atom is 0.420 e. The molecule has 0 spiro atoms. The largest absolute Gasteiger partial charge is 0.444 e. The molecule has 2 aromatic carbocycles. The maximum atomic E-state index is 14.6.